The molecule has 1 aliphatic carbocycles. The highest BCUT2D eigenvalue weighted by Gasteiger charge is 2.50. The van der Waals surface area contributed by atoms with Crippen LogP contribution in [0.5, 0.6) is 11.5 Å². The molecular formula is C24H30N2O5. The number of esters is 1. The molecule has 7 nitrogen and oxygen atoms in total. The average Bonchev–Trinajstić information content (AvgIpc) is 2.97. The number of carbonyl (C=O) groups excluding carboxylic acids is 2. The number of ether oxygens (including phenoxy) is 3. The van der Waals surface area contributed by atoms with Crippen LogP contribution in [-0.4, -0.2) is 49.7 Å². The van der Waals surface area contributed by atoms with Crippen LogP contribution in [0.1, 0.15) is 45.6 Å². The summed E-state index contributed by atoms with van der Waals surface area (Å²) in [5.41, 5.74) is 1.07. The molecule has 1 aromatic rings. The van der Waals surface area contributed by atoms with Crippen molar-refractivity contribution in [3.63, 3.8) is 0 Å². The zero-order valence-corrected chi connectivity index (χ0v) is 18.6. The summed E-state index contributed by atoms with van der Waals surface area (Å²) in [5.74, 6) is 0.194. The summed E-state index contributed by atoms with van der Waals surface area (Å²) in [7, 11) is 1.50. The molecule has 1 heterocycles. The number of likely N-dealkylation sites (tertiary alicyclic amines) is 1. The Labute approximate surface area is 183 Å². The van der Waals surface area contributed by atoms with E-state index in [4.69, 9.17) is 19.5 Å². The third-order valence-electron chi connectivity index (χ3n) is 5.96. The highest BCUT2D eigenvalue weighted by Crippen LogP contribution is 2.52. The van der Waals surface area contributed by atoms with Crippen LogP contribution in [0.4, 0.5) is 0 Å². The maximum atomic E-state index is 12.7. The first-order chi connectivity index (χ1) is 14.6. The molecule has 166 valence electrons. The van der Waals surface area contributed by atoms with Gasteiger partial charge in [0.1, 0.15) is 6.07 Å². The molecule has 3 rings (SSSR count). The number of carbonyl (C=O) groups is 2. The molecule has 7 heteroatoms. The highest BCUT2D eigenvalue weighted by atomic mass is 16.5. The van der Waals surface area contributed by atoms with Gasteiger partial charge in [-0.3, -0.25) is 4.79 Å². The van der Waals surface area contributed by atoms with Gasteiger partial charge in [-0.15, -0.1) is 0 Å². The Morgan fingerprint density at radius 1 is 1.26 bits per heavy atom. The smallest absolute Gasteiger partial charge is 0.331 e. The molecule has 0 radical (unpaired) electrons. The number of fused-ring (bicyclic) bond motifs is 2. The Balaban J connectivity index is 1.54. The Hall–Kier alpha value is -3.01. The molecule has 2 aliphatic rings. The van der Waals surface area contributed by atoms with Crippen LogP contribution < -0.4 is 9.47 Å². The van der Waals surface area contributed by atoms with E-state index >= 15 is 0 Å². The van der Waals surface area contributed by atoms with Crippen molar-refractivity contribution in [2.24, 2.45) is 10.8 Å². The van der Waals surface area contributed by atoms with Crippen LogP contribution in [0.15, 0.2) is 24.3 Å². The minimum atomic E-state index is -0.578. The minimum Gasteiger partial charge on any atom is -0.493 e. The molecule has 1 aliphatic heterocycles. The van der Waals surface area contributed by atoms with Crippen molar-refractivity contribution in [3.05, 3.63) is 29.8 Å². The van der Waals surface area contributed by atoms with Crippen LogP contribution >= 0.6 is 0 Å². The number of methoxy groups -OCH3 is 1. The Kier molecular flexibility index (Phi) is 6.59. The number of hydrogen-bond donors (Lipinski definition) is 0. The quantitative estimate of drug-likeness (QED) is 0.489. The summed E-state index contributed by atoms with van der Waals surface area (Å²) in [6, 6.07) is 7.21. The summed E-state index contributed by atoms with van der Waals surface area (Å²) >= 11 is 0. The summed E-state index contributed by atoms with van der Waals surface area (Å²) in [4.78, 5) is 26.7. The molecule has 1 saturated carbocycles. The molecule has 0 aromatic heterocycles. The van der Waals surface area contributed by atoms with E-state index in [0.717, 1.165) is 25.8 Å². The summed E-state index contributed by atoms with van der Waals surface area (Å²) < 4.78 is 15.7. The van der Waals surface area contributed by atoms with Crippen molar-refractivity contribution < 1.29 is 23.8 Å². The van der Waals surface area contributed by atoms with Gasteiger partial charge in [0.05, 0.1) is 7.11 Å². The van der Waals surface area contributed by atoms with Gasteiger partial charge >= 0.3 is 5.97 Å². The molecule has 2 bridgehead atoms. The van der Waals surface area contributed by atoms with Gasteiger partial charge in [-0.1, -0.05) is 26.8 Å². The summed E-state index contributed by atoms with van der Waals surface area (Å²) in [6.45, 7) is 7.16. The normalized spacial score (nSPS) is 24.0. The maximum absolute atomic E-state index is 12.7. The van der Waals surface area contributed by atoms with Crippen LogP contribution in [0.25, 0.3) is 6.08 Å². The monoisotopic (exact) mass is 426 g/mol. The first kappa shape index (κ1) is 22.7. The zero-order chi connectivity index (χ0) is 22.6. The third kappa shape index (κ3) is 5.57. The number of rotatable bonds is 7. The van der Waals surface area contributed by atoms with Gasteiger partial charge in [-0.25, -0.2) is 4.79 Å². The fraction of sp³-hybridized carbons (Fsp3) is 0.542. The van der Waals surface area contributed by atoms with Crippen molar-refractivity contribution in [1.82, 2.24) is 4.90 Å². The van der Waals surface area contributed by atoms with E-state index in [1.54, 1.807) is 24.3 Å². The van der Waals surface area contributed by atoms with Crippen molar-refractivity contribution >= 4 is 18.0 Å². The summed E-state index contributed by atoms with van der Waals surface area (Å²) in [6.07, 6.45) is 5.97. The first-order valence-corrected chi connectivity index (χ1v) is 10.5. The second kappa shape index (κ2) is 9.01. The Bertz CT molecular complexity index is 917. The second-order valence-corrected chi connectivity index (χ2v) is 9.53. The van der Waals surface area contributed by atoms with Crippen LogP contribution in [0.2, 0.25) is 0 Å². The third-order valence-corrected chi connectivity index (χ3v) is 5.96. The van der Waals surface area contributed by atoms with Crippen LogP contribution in [0, 0.1) is 22.2 Å². The lowest BCUT2D eigenvalue weighted by Crippen LogP contribution is -2.39. The van der Waals surface area contributed by atoms with Crippen molar-refractivity contribution in [3.8, 4) is 17.6 Å². The van der Waals surface area contributed by atoms with Crippen molar-refractivity contribution in [1.29, 1.82) is 5.26 Å². The molecular weight excluding hydrogens is 396 g/mol. The van der Waals surface area contributed by atoms with E-state index < -0.39 is 5.97 Å². The van der Waals surface area contributed by atoms with Gasteiger partial charge in [-0.05, 0) is 53.9 Å². The van der Waals surface area contributed by atoms with Gasteiger partial charge in [0.25, 0.3) is 5.91 Å². The van der Waals surface area contributed by atoms with E-state index in [-0.39, 0.29) is 36.0 Å². The summed E-state index contributed by atoms with van der Waals surface area (Å²) in [5, 5.41) is 8.62. The minimum absolute atomic E-state index is 0.0829. The molecule has 1 aromatic carbocycles. The Morgan fingerprint density at radius 2 is 2.03 bits per heavy atom. The molecule has 31 heavy (non-hydrogen) atoms. The molecule has 2 fully saturated rings. The standard InChI is InChI=1S/C24H30N2O5/c1-23(2)12-18-13-24(3,15-23)16-26(18)21(27)14-31-22(28)8-6-17-5-7-19(30-10-9-25)20(11-17)29-4/h5-8,11,18H,10,12-16H2,1-4H3/b8-6+/t18-,24+/m1/s1. The van der Waals surface area contributed by atoms with Gasteiger partial charge in [0.2, 0.25) is 0 Å². The topological polar surface area (TPSA) is 88.9 Å². The lowest BCUT2D eigenvalue weighted by atomic mass is 9.65. The average molecular weight is 427 g/mol. The largest absolute Gasteiger partial charge is 0.493 e. The number of benzene rings is 1. The molecule has 0 unspecified atom stereocenters. The molecule has 2 atom stereocenters. The van der Waals surface area contributed by atoms with Crippen molar-refractivity contribution in [2.45, 2.75) is 46.1 Å². The van der Waals surface area contributed by atoms with Crippen molar-refractivity contribution in [2.75, 3.05) is 26.9 Å². The van der Waals surface area contributed by atoms with E-state index in [1.165, 1.54) is 13.2 Å². The van der Waals surface area contributed by atoms with Gasteiger partial charge in [0, 0.05) is 18.7 Å². The van der Waals surface area contributed by atoms with E-state index in [9.17, 15) is 9.59 Å². The van der Waals surface area contributed by atoms with Gasteiger partial charge in [-0.2, -0.15) is 5.26 Å². The predicted molar refractivity (Wildman–Crippen MR) is 115 cm³/mol. The SMILES string of the molecule is COc1cc(/C=C/C(=O)OCC(=O)N2C[C@@]3(C)C[C@H]2CC(C)(C)C3)ccc1OCC#N. The second-order valence-electron chi connectivity index (χ2n) is 9.53. The number of nitriles is 1. The molecule has 1 amide bonds. The predicted octanol–water partition coefficient (Wildman–Crippen LogP) is 3.58. The lowest BCUT2D eigenvalue weighted by Gasteiger charge is -2.39. The first-order valence-electron chi connectivity index (χ1n) is 10.5. The fourth-order valence-corrected chi connectivity index (χ4v) is 5.20. The highest BCUT2D eigenvalue weighted by molar-refractivity contribution is 5.89. The number of amides is 1. The van der Waals surface area contributed by atoms with E-state index in [1.807, 2.05) is 11.0 Å². The maximum Gasteiger partial charge on any atom is 0.331 e. The molecule has 0 spiro atoms. The zero-order valence-electron chi connectivity index (χ0n) is 18.6. The molecule has 0 N–H and O–H groups in total. The van der Waals surface area contributed by atoms with Gasteiger partial charge < -0.3 is 19.1 Å². The number of nitrogens with zero attached hydrogens (tertiary/aromatic N) is 2. The fourth-order valence-electron chi connectivity index (χ4n) is 5.20. The Morgan fingerprint density at radius 3 is 2.74 bits per heavy atom. The lowest BCUT2D eigenvalue weighted by molar-refractivity contribution is -0.148. The number of hydrogen-bond acceptors (Lipinski definition) is 6. The van der Waals surface area contributed by atoms with Gasteiger partial charge in [0.15, 0.2) is 24.7 Å². The molecule has 1 saturated heterocycles. The van der Waals surface area contributed by atoms with Crippen LogP contribution in [-0.2, 0) is 14.3 Å². The van der Waals surface area contributed by atoms with E-state index in [0.29, 0.717) is 17.1 Å². The van der Waals surface area contributed by atoms with Crippen LogP contribution in [0.3, 0.4) is 0 Å². The van der Waals surface area contributed by atoms with E-state index in [2.05, 4.69) is 20.8 Å².